The summed E-state index contributed by atoms with van der Waals surface area (Å²) >= 11 is 6.24. The zero-order valence-corrected chi connectivity index (χ0v) is 15.4. The number of carbonyl (C=O) groups is 2. The number of rotatable bonds is 6. The average molecular weight is 397 g/mol. The van der Waals surface area contributed by atoms with E-state index in [-0.39, 0.29) is 28.4 Å². The van der Waals surface area contributed by atoms with Crippen LogP contribution >= 0.6 is 11.6 Å². The summed E-state index contributed by atoms with van der Waals surface area (Å²) in [4.78, 5) is 27.9. The first-order chi connectivity index (χ1) is 13.5. The molecular formula is C21H17ClN2O4. The monoisotopic (exact) mass is 396 g/mol. The minimum Gasteiger partial charge on any atom is -0.478 e. The molecule has 0 aliphatic carbocycles. The van der Waals surface area contributed by atoms with E-state index in [1.807, 2.05) is 30.3 Å². The second-order valence-electron chi connectivity index (χ2n) is 6.06. The van der Waals surface area contributed by atoms with Crippen LogP contribution in [0.4, 0.5) is 0 Å². The number of pyridine rings is 1. The number of halogens is 1. The Labute approximate surface area is 166 Å². The van der Waals surface area contributed by atoms with Crippen molar-refractivity contribution in [1.82, 2.24) is 10.3 Å². The molecule has 6 nitrogen and oxygen atoms in total. The Balaban J connectivity index is 1.90. The number of aliphatic hydroxyl groups is 1. The lowest BCUT2D eigenvalue weighted by Gasteiger charge is -2.17. The molecule has 1 amide bonds. The highest BCUT2D eigenvalue weighted by Crippen LogP contribution is 2.30. The molecule has 3 rings (SSSR count). The van der Waals surface area contributed by atoms with Gasteiger partial charge < -0.3 is 15.5 Å². The van der Waals surface area contributed by atoms with Crippen molar-refractivity contribution in [2.45, 2.75) is 12.6 Å². The van der Waals surface area contributed by atoms with E-state index in [0.29, 0.717) is 5.56 Å². The van der Waals surface area contributed by atoms with Crippen LogP contribution in [0.3, 0.4) is 0 Å². The van der Waals surface area contributed by atoms with E-state index < -0.39 is 18.0 Å². The predicted octanol–water partition coefficient (Wildman–Crippen LogP) is 3.44. The summed E-state index contributed by atoms with van der Waals surface area (Å²) in [5.41, 5.74) is 1.33. The van der Waals surface area contributed by atoms with Crippen LogP contribution in [0.15, 0.2) is 66.9 Å². The molecule has 0 aliphatic rings. The van der Waals surface area contributed by atoms with Gasteiger partial charge in [-0.25, -0.2) is 4.79 Å². The maximum Gasteiger partial charge on any atom is 0.335 e. The molecule has 1 heterocycles. The van der Waals surface area contributed by atoms with Crippen molar-refractivity contribution in [2.24, 2.45) is 0 Å². The molecule has 0 saturated heterocycles. The van der Waals surface area contributed by atoms with E-state index in [2.05, 4.69) is 10.3 Å². The molecule has 0 spiro atoms. The SMILES string of the molecule is O=C(O)c1cccc(C(O)c2c(Cl)ccnc2C(=O)NCc2ccccc2)c1. The van der Waals surface area contributed by atoms with Gasteiger partial charge >= 0.3 is 5.97 Å². The van der Waals surface area contributed by atoms with Gasteiger partial charge in [0.2, 0.25) is 0 Å². The van der Waals surface area contributed by atoms with E-state index in [9.17, 15) is 14.7 Å². The molecule has 2 aromatic carbocycles. The second kappa shape index (κ2) is 8.65. The smallest absolute Gasteiger partial charge is 0.335 e. The lowest BCUT2D eigenvalue weighted by atomic mass is 9.98. The average Bonchev–Trinajstić information content (AvgIpc) is 2.72. The lowest BCUT2D eigenvalue weighted by Crippen LogP contribution is -2.26. The van der Waals surface area contributed by atoms with Gasteiger partial charge in [0.25, 0.3) is 5.91 Å². The molecule has 0 aliphatic heterocycles. The summed E-state index contributed by atoms with van der Waals surface area (Å²) in [6, 6.07) is 16.6. The molecule has 28 heavy (non-hydrogen) atoms. The quantitative estimate of drug-likeness (QED) is 0.592. The highest BCUT2D eigenvalue weighted by atomic mass is 35.5. The zero-order valence-electron chi connectivity index (χ0n) is 14.7. The molecule has 3 N–H and O–H groups in total. The number of hydrogen-bond acceptors (Lipinski definition) is 4. The maximum atomic E-state index is 12.7. The van der Waals surface area contributed by atoms with E-state index in [1.54, 1.807) is 6.07 Å². The van der Waals surface area contributed by atoms with Gasteiger partial charge in [0, 0.05) is 18.3 Å². The van der Waals surface area contributed by atoms with Crippen LogP contribution in [-0.2, 0) is 6.54 Å². The fourth-order valence-corrected chi connectivity index (χ4v) is 3.01. The van der Waals surface area contributed by atoms with E-state index >= 15 is 0 Å². The Morgan fingerprint density at radius 3 is 2.54 bits per heavy atom. The first-order valence-electron chi connectivity index (χ1n) is 8.45. The molecule has 1 aromatic heterocycles. The van der Waals surface area contributed by atoms with Crippen molar-refractivity contribution in [3.63, 3.8) is 0 Å². The number of aromatic carboxylic acids is 1. The Morgan fingerprint density at radius 2 is 1.82 bits per heavy atom. The van der Waals surface area contributed by atoms with Crippen molar-refractivity contribution in [3.8, 4) is 0 Å². The zero-order chi connectivity index (χ0) is 20.1. The van der Waals surface area contributed by atoms with Gasteiger partial charge in [-0.15, -0.1) is 0 Å². The topological polar surface area (TPSA) is 99.5 Å². The van der Waals surface area contributed by atoms with E-state index in [4.69, 9.17) is 16.7 Å². The Kier molecular flexibility index (Phi) is 6.03. The number of nitrogens with zero attached hydrogens (tertiary/aromatic N) is 1. The fourth-order valence-electron chi connectivity index (χ4n) is 2.76. The van der Waals surface area contributed by atoms with Crippen LogP contribution in [0.2, 0.25) is 5.02 Å². The number of aromatic nitrogens is 1. The van der Waals surface area contributed by atoms with Crippen molar-refractivity contribution >= 4 is 23.5 Å². The fraction of sp³-hybridized carbons (Fsp3) is 0.0952. The van der Waals surface area contributed by atoms with Crippen LogP contribution < -0.4 is 5.32 Å². The summed E-state index contributed by atoms with van der Waals surface area (Å²) in [6.07, 6.45) is 0.0712. The second-order valence-corrected chi connectivity index (χ2v) is 6.46. The van der Waals surface area contributed by atoms with E-state index in [1.165, 1.54) is 30.5 Å². The number of aliphatic hydroxyl groups excluding tert-OH is 1. The summed E-state index contributed by atoms with van der Waals surface area (Å²) in [7, 11) is 0. The first kappa shape index (κ1) is 19.5. The summed E-state index contributed by atoms with van der Waals surface area (Å²) in [6.45, 7) is 0.290. The van der Waals surface area contributed by atoms with Gasteiger partial charge in [-0.2, -0.15) is 0 Å². The van der Waals surface area contributed by atoms with Gasteiger partial charge in [-0.1, -0.05) is 54.1 Å². The molecular weight excluding hydrogens is 380 g/mol. The molecule has 1 unspecified atom stereocenters. The maximum absolute atomic E-state index is 12.7. The summed E-state index contributed by atoms with van der Waals surface area (Å²) in [5.74, 6) is -1.61. The van der Waals surface area contributed by atoms with Gasteiger partial charge in [0.05, 0.1) is 10.6 Å². The highest BCUT2D eigenvalue weighted by Gasteiger charge is 2.24. The van der Waals surface area contributed by atoms with Gasteiger partial charge in [-0.05, 0) is 29.3 Å². The molecule has 0 saturated carbocycles. The number of carbonyl (C=O) groups excluding carboxylic acids is 1. The Morgan fingerprint density at radius 1 is 1.07 bits per heavy atom. The van der Waals surface area contributed by atoms with E-state index in [0.717, 1.165) is 5.56 Å². The molecule has 3 aromatic rings. The third-order valence-electron chi connectivity index (χ3n) is 4.17. The number of nitrogens with one attached hydrogen (secondary N) is 1. The van der Waals surface area contributed by atoms with Gasteiger partial charge in [0.15, 0.2) is 0 Å². The molecule has 7 heteroatoms. The molecule has 1 atom stereocenters. The molecule has 0 bridgehead atoms. The number of hydrogen-bond donors (Lipinski definition) is 3. The van der Waals surface area contributed by atoms with Gasteiger partial charge in [-0.3, -0.25) is 9.78 Å². The van der Waals surface area contributed by atoms with Crippen LogP contribution in [0.1, 0.15) is 43.6 Å². The largest absolute Gasteiger partial charge is 0.478 e. The van der Waals surface area contributed by atoms with Crippen LogP contribution in [0.5, 0.6) is 0 Å². The lowest BCUT2D eigenvalue weighted by molar-refractivity contribution is 0.0696. The number of carboxylic acid groups (broad SMARTS) is 1. The van der Waals surface area contributed by atoms with Crippen LogP contribution in [-0.4, -0.2) is 27.1 Å². The first-order valence-corrected chi connectivity index (χ1v) is 8.83. The van der Waals surface area contributed by atoms with Crippen LogP contribution in [0.25, 0.3) is 0 Å². The van der Waals surface area contributed by atoms with Crippen molar-refractivity contribution in [3.05, 3.63) is 99.8 Å². The molecule has 142 valence electrons. The number of amides is 1. The number of carboxylic acids is 1. The third kappa shape index (κ3) is 4.36. The standard InChI is InChI=1S/C21H17ClN2O4/c22-16-9-10-23-18(20(26)24-12-13-5-2-1-3-6-13)17(16)19(25)14-7-4-8-15(11-14)21(27)28/h1-11,19,25H,12H2,(H,24,26)(H,27,28). The minimum absolute atomic E-state index is 0.0170. The molecule has 0 fully saturated rings. The summed E-state index contributed by atoms with van der Waals surface area (Å²) < 4.78 is 0. The van der Waals surface area contributed by atoms with Crippen LogP contribution in [0, 0.1) is 0 Å². The summed E-state index contributed by atoms with van der Waals surface area (Å²) in [5, 5.41) is 22.9. The Hall–Kier alpha value is -3.22. The van der Waals surface area contributed by atoms with Crippen molar-refractivity contribution in [2.75, 3.05) is 0 Å². The highest BCUT2D eigenvalue weighted by molar-refractivity contribution is 6.31. The van der Waals surface area contributed by atoms with Gasteiger partial charge in [0.1, 0.15) is 11.8 Å². The minimum atomic E-state index is -1.31. The number of benzene rings is 2. The third-order valence-corrected chi connectivity index (χ3v) is 4.50. The molecule has 0 radical (unpaired) electrons. The predicted molar refractivity (Wildman–Crippen MR) is 104 cm³/mol. The normalized spacial score (nSPS) is 11.6. The van der Waals surface area contributed by atoms with Crippen molar-refractivity contribution in [1.29, 1.82) is 0 Å². The Bertz CT molecular complexity index is 1010. The van der Waals surface area contributed by atoms with Crippen molar-refractivity contribution < 1.29 is 19.8 Å².